The van der Waals surface area contributed by atoms with E-state index >= 15 is 0 Å². The summed E-state index contributed by atoms with van der Waals surface area (Å²) in [5, 5.41) is 34.7. The summed E-state index contributed by atoms with van der Waals surface area (Å²) in [4.78, 5) is 55.0. The molecule has 0 aromatic rings. The summed E-state index contributed by atoms with van der Waals surface area (Å²) >= 11 is 0. The monoisotopic (exact) mass is 726 g/mol. The normalized spacial score (nSPS) is 11.7. The van der Waals surface area contributed by atoms with Crippen molar-refractivity contribution in [2.45, 2.75) is 200 Å². The van der Waals surface area contributed by atoms with Crippen molar-refractivity contribution in [3.8, 4) is 0 Å². The van der Waals surface area contributed by atoms with Crippen molar-refractivity contribution < 1.29 is 98.4 Å². The number of carboxylic acid groups (broad SMARTS) is 3. The molecule has 2 amide bonds. The number of carbonyl (C=O) groups is 5. The zero-order valence-corrected chi connectivity index (χ0v) is 36.5. The van der Waals surface area contributed by atoms with Crippen LogP contribution in [0.2, 0.25) is 0 Å². The average Bonchev–Trinajstić information content (AvgIpc) is 3.04. The van der Waals surface area contributed by atoms with Crippen molar-refractivity contribution in [3.05, 3.63) is 12.2 Å². The minimum absolute atomic E-state index is 0. The summed E-state index contributed by atoms with van der Waals surface area (Å²) in [6, 6.07) is -2.13. The molecule has 0 aliphatic heterocycles. The molecule has 0 bridgehead atoms. The van der Waals surface area contributed by atoms with Gasteiger partial charge in [-0.05, 0) is 51.9 Å². The largest absolute Gasteiger partial charge is 1.00 e. The third-order valence-electron chi connectivity index (χ3n) is 8.17. The summed E-state index contributed by atoms with van der Waals surface area (Å²) in [5.41, 5.74) is 0. The van der Waals surface area contributed by atoms with Gasteiger partial charge in [-0.2, -0.15) is 0 Å². The molecule has 0 spiro atoms. The molecule has 0 unspecified atom stereocenters. The first-order valence-electron chi connectivity index (χ1n) is 18.9. The smallest absolute Gasteiger partial charge is 0.548 e. The van der Waals surface area contributed by atoms with Crippen LogP contribution in [0.1, 0.15) is 188 Å². The molecule has 0 saturated heterocycles. The van der Waals surface area contributed by atoms with Gasteiger partial charge in [0.2, 0.25) is 11.8 Å². The van der Waals surface area contributed by atoms with E-state index in [9.17, 15) is 34.2 Å². The zero-order valence-electron chi connectivity index (χ0n) is 32.5. The molecule has 12 heteroatoms. The first kappa shape index (κ1) is 55.8. The minimum atomic E-state index is -1.44. The van der Waals surface area contributed by atoms with Gasteiger partial charge in [0.05, 0.1) is 24.0 Å². The van der Waals surface area contributed by atoms with Gasteiger partial charge in [0.25, 0.3) is 0 Å². The zero-order chi connectivity index (χ0) is 36.3. The molecule has 280 valence electrons. The SMILES string of the molecule is CCCCCCCC/C=C\CCCCCCCC(=O)N[C@@H](CCC(=O)O)C(=O)[O-].CCCCCCCCCCCC(=O)N[C@@H](C)C(=O)[O-].[Na+].[Na+]. The fourth-order valence-corrected chi connectivity index (χ4v) is 5.11. The number of hydrogen-bond acceptors (Lipinski definition) is 7. The molecule has 0 aliphatic carbocycles. The van der Waals surface area contributed by atoms with Crippen molar-refractivity contribution in [3.63, 3.8) is 0 Å². The van der Waals surface area contributed by atoms with Crippen LogP contribution in [0.3, 0.4) is 0 Å². The molecular weight excluding hydrogens is 658 g/mol. The van der Waals surface area contributed by atoms with E-state index in [0.29, 0.717) is 12.8 Å². The van der Waals surface area contributed by atoms with Gasteiger partial charge in [-0.3, -0.25) is 14.4 Å². The van der Waals surface area contributed by atoms with Crippen LogP contribution in [0.15, 0.2) is 12.2 Å². The van der Waals surface area contributed by atoms with Crippen molar-refractivity contribution in [2.75, 3.05) is 0 Å². The Morgan fingerprint density at radius 1 is 0.540 bits per heavy atom. The van der Waals surface area contributed by atoms with E-state index in [4.69, 9.17) is 5.11 Å². The molecule has 3 N–H and O–H groups in total. The van der Waals surface area contributed by atoms with Crippen LogP contribution in [0.25, 0.3) is 0 Å². The van der Waals surface area contributed by atoms with Gasteiger partial charge in [0, 0.05) is 19.3 Å². The first-order chi connectivity index (χ1) is 23.0. The molecule has 0 fully saturated rings. The molecular formula is C38H68N2Na2O8. The molecule has 0 saturated carbocycles. The van der Waals surface area contributed by atoms with Crippen molar-refractivity contribution >= 4 is 29.7 Å². The fraction of sp³-hybridized carbons (Fsp3) is 0.816. The van der Waals surface area contributed by atoms with E-state index in [1.807, 2.05) is 0 Å². The number of amides is 2. The number of carboxylic acids is 3. The molecule has 10 nitrogen and oxygen atoms in total. The van der Waals surface area contributed by atoms with Gasteiger partial charge >= 0.3 is 65.1 Å². The molecule has 2 atom stereocenters. The molecule has 50 heavy (non-hydrogen) atoms. The van der Waals surface area contributed by atoms with Crippen LogP contribution in [0.5, 0.6) is 0 Å². The number of rotatable bonds is 32. The predicted molar refractivity (Wildman–Crippen MR) is 188 cm³/mol. The maximum atomic E-state index is 11.8. The second-order valence-corrected chi connectivity index (χ2v) is 12.9. The minimum Gasteiger partial charge on any atom is -0.548 e. The fourth-order valence-electron chi connectivity index (χ4n) is 5.11. The Hall–Kier alpha value is -0.910. The quantitative estimate of drug-likeness (QED) is 0.0504. The topological polar surface area (TPSA) is 176 Å². The third-order valence-corrected chi connectivity index (χ3v) is 8.17. The van der Waals surface area contributed by atoms with Crippen LogP contribution >= 0.6 is 0 Å². The Kier molecular flexibility index (Phi) is 47.5. The summed E-state index contributed by atoms with van der Waals surface area (Å²) < 4.78 is 0. The third kappa shape index (κ3) is 43.3. The molecule has 0 heterocycles. The number of allylic oxidation sites excluding steroid dienone is 2. The molecule has 0 aromatic heterocycles. The van der Waals surface area contributed by atoms with Crippen molar-refractivity contribution in [1.82, 2.24) is 10.6 Å². The molecule has 0 aromatic carbocycles. The van der Waals surface area contributed by atoms with Crippen LogP contribution in [-0.2, 0) is 24.0 Å². The van der Waals surface area contributed by atoms with Crippen LogP contribution in [0.4, 0.5) is 0 Å². The summed E-state index contributed by atoms with van der Waals surface area (Å²) in [5.74, 6) is -4.32. The average molecular weight is 727 g/mol. The maximum absolute atomic E-state index is 11.8. The Bertz CT molecular complexity index is 874. The van der Waals surface area contributed by atoms with Crippen molar-refractivity contribution in [2.24, 2.45) is 0 Å². The van der Waals surface area contributed by atoms with Crippen LogP contribution in [-0.4, -0.2) is 46.9 Å². The number of nitrogens with one attached hydrogen (secondary N) is 2. The Morgan fingerprint density at radius 2 is 0.900 bits per heavy atom. The molecule has 0 radical (unpaired) electrons. The number of aliphatic carboxylic acids is 3. The van der Waals surface area contributed by atoms with Crippen molar-refractivity contribution in [1.29, 1.82) is 0 Å². The van der Waals surface area contributed by atoms with Gasteiger partial charge in [0.15, 0.2) is 0 Å². The van der Waals surface area contributed by atoms with Gasteiger partial charge in [-0.15, -0.1) is 0 Å². The first-order valence-corrected chi connectivity index (χ1v) is 18.9. The summed E-state index contributed by atoms with van der Waals surface area (Å²) in [7, 11) is 0. The van der Waals surface area contributed by atoms with E-state index in [0.717, 1.165) is 51.4 Å². The van der Waals surface area contributed by atoms with E-state index in [2.05, 4.69) is 36.6 Å². The predicted octanol–water partition coefficient (Wildman–Crippen LogP) is 0.293. The summed E-state index contributed by atoms with van der Waals surface area (Å²) in [6.07, 6.45) is 30.8. The second-order valence-electron chi connectivity index (χ2n) is 12.9. The van der Waals surface area contributed by atoms with Crippen LogP contribution in [0, 0.1) is 0 Å². The van der Waals surface area contributed by atoms with Gasteiger partial charge in [-0.25, -0.2) is 0 Å². The van der Waals surface area contributed by atoms with Gasteiger partial charge < -0.3 is 35.5 Å². The van der Waals surface area contributed by atoms with E-state index < -0.39 is 30.0 Å². The number of hydrogen-bond donors (Lipinski definition) is 3. The number of unbranched alkanes of at least 4 members (excludes halogenated alkanes) is 19. The Morgan fingerprint density at radius 3 is 1.26 bits per heavy atom. The van der Waals surface area contributed by atoms with E-state index in [1.165, 1.54) is 90.4 Å². The Labute approximate surface area is 348 Å². The standard InChI is InChI=1S/C23H41NO5.C15H29NO3.2Na/c1-2-3-4-5-6-7-8-9-10-11-12-13-14-15-16-17-21(25)24-20(23(28)29)18-19-22(26)27;1-3-4-5-6-7-8-9-10-11-12-14(17)16-13(2)15(18)19;;/h9-10,20H,2-8,11-19H2,1H3,(H,24,25)(H,26,27)(H,28,29);13H,3-12H2,1-2H3,(H,16,17)(H,18,19);;/q;;2*+1/p-2/b10-9-;;;/t20-;13-;;/m00../s1. The number of carbonyl (C=O) groups excluding carboxylic acids is 4. The van der Waals surface area contributed by atoms with Gasteiger partial charge in [0.1, 0.15) is 0 Å². The molecule has 0 rings (SSSR count). The Balaban J connectivity index is -0.000000440. The van der Waals surface area contributed by atoms with E-state index in [1.54, 1.807) is 0 Å². The second kappa shape index (κ2) is 42.5. The maximum Gasteiger partial charge on any atom is 1.00 e. The summed E-state index contributed by atoms with van der Waals surface area (Å²) in [6.45, 7) is 5.87. The van der Waals surface area contributed by atoms with Gasteiger partial charge in [-0.1, -0.05) is 129 Å². The van der Waals surface area contributed by atoms with E-state index in [-0.39, 0.29) is 90.2 Å². The van der Waals surface area contributed by atoms with Crippen LogP contribution < -0.4 is 80.0 Å². The molecule has 0 aliphatic rings.